The van der Waals surface area contributed by atoms with Crippen LogP contribution in [-0.2, 0) is 4.74 Å². The number of anilines is 2. The molecule has 1 aromatic rings. The van der Waals surface area contributed by atoms with Gasteiger partial charge in [-0.15, -0.1) is 0 Å². The third-order valence-electron chi connectivity index (χ3n) is 5.94. The molecule has 2 aliphatic rings. The summed E-state index contributed by atoms with van der Waals surface area (Å²) in [5.74, 6) is 0.377. The Bertz CT molecular complexity index is 674. The van der Waals surface area contributed by atoms with Crippen LogP contribution in [0.3, 0.4) is 0 Å². The van der Waals surface area contributed by atoms with Crippen molar-refractivity contribution in [2.24, 2.45) is 5.73 Å². The molecule has 8 heteroatoms. The van der Waals surface area contributed by atoms with Crippen molar-refractivity contribution in [3.8, 4) is 0 Å². The highest BCUT2D eigenvalue weighted by atomic mass is 16.5. The molecule has 8 nitrogen and oxygen atoms in total. The monoisotopic (exact) mass is 391 g/mol. The molecule has 28 heavy (non-hydrogen) atoms. The number of nitrogens with zero attached hydrogens (tertiary/aromatic N) is 2. The van der Waals surface area contributed by atoms with Gasteiger partial charge in [-0.1, -0.05) is 12.8 Å². The van der Waals surface area contributed by atoms with Crippen LogP contribution in [0.15, 0.2) is 6.20 Å². The molecule has 2 atom stereocenters. The number of carbonyl (C=O) groups excluding carboxylic acids is 1. The lowest BCUT2D eigenvalue weighted by molar-refractivity contribution is 0.0420. The predicted octanol–water partition coefficient (Wildman–Crippen LogP) is 2.44. The van der Waals surface area contributed by atoms with Crippen molar-refractivity contribution in [1.82, 2.24) is 9.97 Å². The van der Waals surface area contributed by atoms with E-state index in [9.17, 15) is 9.90 Å². The van der Waals surface area contributed by atoms with Crippen molar-refractivity contribution >= 4 is 17.7 Å². The van der Waals surface area contributed by atoms with Gasteiger partial charge in [0.05, 0.1) is 17.3 Å². The molecule has 156 valence electrons. The van der Waals surface area contributed by atoms with Crippen LogP contribution < -0.4 is 16.4 Å². The molecule has 2 fully saturated rings. The van der Waals surface area contributed by atoms with E-state index >= 15 is 0 Å². The van der Waals surface area contributed by atoms with Crippen molar-refractivity contribution in [3.05, 3.63) is 11.8 Å². The van der Waals surface area contributed by atoms with Gasteiger partial charge in [-0.3, -0.25) is 4.79 Å². The molecule has 0 spiro atoms. The maximum absolute atomic E-state index is 11.8. The third kappa shape index (κ3) is 5.54. The number of ether oxygens (including phenoxy) is 1. The minimum absolute atomic E-state index is 0.0375. The fourth-order valence-corrected chi connectivity index (χ4v) is 4.32. The summed E-state index contributed by atoms with van der Waals surface area (Å²) in [4.78, 5) is 20.7. The van der Waals surface area contributed by atoms with Gasteiger partial charge < -0.3 is 26.2 Å². The van der Waals surface area contributed by atoms with Gasteiger partial charge in [-0.2, -0.15) is 4.98 Å². The summed E-state index contributed by atoms with van der Waals surface area (Å²) in [5.41, 5.74) is 5.09. The van der Waals surface area contributed by atoms with Crippen molar-refractivity contribution in [2.45, 2.75) is 88.5 Å². The Morgan fingerprint density at radius 1 is 1.21 bits per heavy atom. The number of nitrogens with two attached hydrogens (primary N) is 1. The molecule has 1 aromatic heterocycles. The number of primary amides is 1. The van der Waals surface area contributed by atoms with E-state index in [4.69, 9.17) is 10.5 Å². The van der Waals surface area contributed by atoms with Crippen LogP contribution >= 0.6 is 0 Å². The maximum atomic E-state index is 11.8. The van der Waals surface area contributed by atoms with Crippen LogP contribution in [0.1, 0.15) is 75.1 Å². The van der Waals surface area contributed by atoms with E-state index in [0.717, 1.165) is 51.4 Å². The summed E-state index contributed by atoms with van der Waals surface area (Å²) in [7, 11) is 1.76. The predicted molar refractivity (Wildman–Crippen MR) is 108 cm³/mol. The molecule has 2 aliphatic carbocycles. The molecule has 1 amide bonds. The van der Waals surface area contributed by atoms with Crippen molar-refractivity contribution in [1.29, 1.82) is 0 Å². The molecule has 0 aromatic carbocycles. The maximum Gasteiger partial charge on any atom is 0.254 e. The minimum Gasteiger partial charge on any atom is -0.390 e. The van der Waals surface area contributed by atoms with Crippen molar-refractivity contribution in [3.63, 3.8) is 0 Å². The van der Waals surface area contributed by atoms with Gasteiger partial charge in [0, 0.05) is 25.4 Å². The number of hydrogen-bond donors (Lipinski definition) is 4. The van der Waals surface area contributed by atoms with E-state index in [1.807, 2.05) is 6.92 Å². The lowest BCUT2D eigenvalue weighted by atomic mass is 9.93. The van der Waals surface area contributed by atoms with Crippen LogP contribution in [0.25, 0.3) is 0 Å². The second-order valence-electron chi connectivity index (χ2n) is 8.46. The number of hydrogen-bond acceptors (Lipinski definition) is 7. The lowest BCUT2D eigenvalue weighted by Gasteiger charge is -2.29. The molecule has 0 radical (unpaired) electrons. The molecule has 5 N–H and O–H groups in total. The average Bonchev–Trinajstić information content (AvgIpc) is 2.82. The van der Waals surface area contributed by atoms with Gasteiger partial charge >= 0.3 is 0 Å². The Balaban J connectivity index is 1.71. The fourth-order valence-electron chi connectivity index (χ4n) is 4.32. The van der Waals surface area contributed by atoms with E-state index in [1.165, 1.54) is 6.20 Å². The summed E-state index contributed by atoms with van der Waals surface area (Å²) >= 11 is 0. The zero-order valence-electron chi connectivity index (χ0n) is 16.9. The number of methoxy groups -OCH3 is 1. The Kier molecular flexibility index (Phi) is 6.72. The lowest BCUT2D eigenvalue weighted by Crippen LogP contribution is -2.33. The Labute approximate surface area is 166 Å². The first-order chi connectivity index (χ1) is 13.4. The molecule has 1 heterocycles. The highest BCUT2D eigenvalue weighted by molar-refractivity contribution is 5.97. The Morgan fingerprint density at radius 3 is 2.64 bits per heavy atom. The largest absolute Gasteiger partial charge is 0.390 e. The first-order valence-corrected chi connectivity index (χ1v) is 10.3. The highest BCUT2D eigenvalue weighted by Gasteiger charge is 2.29. The van der Waals surface area contributed by atoms with E-state index in [-0.39, 0.29) is 17.6 Å². The number of nitrogens with one attached hydrogen (secondary N) is 2. The average molecular weight is 392 g/mol. The molecule has 0 aliphatic heterocycles. The first kappa shape index (κ1) is 20.8. The molecule has 0 saturated heterocycles. The summed E-state index contributed by atoms with van der Waals surface area (Å²) in [6.45, 7) is 1.87. The van der Waals surface area contributed by atoms with Gasteiger partial charge in [0.25, 0.3) is 5.91 Å². The number of aromatic nitrogens is 2. The van der Waals surface area contributed by atoms with Gasteiger partial charge in [0.15, 0.2) is 0 Å². The molecule has 0 bridgehead atoms. The second-order valence-corrected chi connectivity index (χ2v) is 8.46. The number of aliphatic hydroxyl groups is 1. The van der Waals surface area contributed by atoms with E-state index in [2.05, 4.69) is 20.6 Å². The van der Waals surface area contributed by atoms with Crippen LogP contribution in [-0.4, -0.2) is 51.9 Å². The quantitative estimate of drug-likeness (QED) is 0.549. The molecule has 2 saturated carbocycles. The summed E-state index contributed by atoms with van der Waals surface area (Å²) in [6.07, 6.45) is 10.2. The Morgan fingerprint density at radius 2 is 1.96 bits per heavy atom. The molecular formula is C20H33N5O3. The van der Waals surface area contributed by atoms with E-state index < -0.39 is 11.5 Å². The SMILES string of the molecule is CO[C@H]1CC[C@H](Nc2ncc(C(N)=O)c(N[C@@H]3CCCC[C@@](C)(O)C3)n2)CC1. The Hall–Kier alpha value is -1.93. The van der Waals surface area contributed by atoms with Crippen LogP contribution in [0, 0.1) is 0 Å². The standard InChI is InChI=1S/C20H33N5O3/c1-20(27)10-4-3-5-14(11-20)23-18-16(17(21)26)12-22-19(25-18)24-13-6-8-15(28-2)9-7-13/h12-15,27H,3-11H2,1-2H3,(H2,21,26)(H2,22,23,24,25)/t13-,14-,15-,20-/m1/s1. The topological polar surface area (TPSA) is 122 Å². The minimum atomic E-state index is -0.713. The second kappa shape index (κ2) is 9.05. The highest BCUT2D eigenvalue weighted by Crippen LogP contribution is 2.29. The summed E-state index contributed by atoms with van der Waals surface area (Å²) in [6, 6.07) is 0.327. The summed E-state index contributed by atoms with van der Waals surface area (Å²) < 4.78 is 5.42. The van der Waals surface area contributed by atoms with Crippen LogP contribution in [0.5, 0.6) is 0 Å². The van der Waals surface area contributed by atoms with Crippen LogP contribution in [0.4, 0.5) is 11.8 Å². The van der Waals surface area contributed by atoms with Gasteiger partial charge in [-0.25, -0.2) is 4.98 Å². The van der Waals surface area contributed by atoms with Gasteiger partial charge in [0.1, 0.15) is 5.82 Å². The van der Waals surface area contributed by atoms with E-state index in [0.29, 0.717) is 24.3 Å². The van der Waals surface area contributed by atoms with Crippen molar-refractivity contribution in [2.75, 3.05) is 17.7 Å². The number of carbonyl (C=O) groups is 1. The first-order valence-electron chi connectivity index (χ1n) is 10.3. The number of rotatable bonds is 6. The molecule has 3 rings (SSSR count). The van der Waals surface area contributed by atoms with Gasteiger partial charge in [-0.05, 0) is 51.9 Å². The van der Waals surface area contributed by atoms with Crippen molar-refractivity contribution < 1.29 is 14.6 Å². The normalized spacial score (nSPS) is 31.0. The smallest absolute Gasteiger partial charge is 0.254 e. The molecular weight excluding hydrogens is 358 g/mol. The fraction of sp³-hybridized carbons (Fsp3) is 0.750. The zero-order valence-corrected chi connectivity index (χ0v) is 16.9. The third-order valence-corrected chi connectivity index (χ3v) is 5.94. The van der Waals surface area contributed by atoms with Crippen LogP contribution in [0.2, 0.25) is 0 Å². The number of amides is 1. The van der Waals surface area contributed by atoms with Gasteiger partial charge in [0.2, 0.25) is 5.95 Å². The molecule has 0 unspecified atom stereocenters. The zero-order chi connectivity index (χ0) is 20.1. The van der Waals surface area contributed by atoms with E-state index in [1.54, 1.807) is 7.11 Å². The summed E-state index contributed by atoms with van der Waals surface area (Å²) in [5, 5.41) is 17.2.